The number of hydrogen-bond donors (Lipinski definition) is 1. The number of benzene rings is 2. The molecular formula is C21H22N2O2S. The minimum atomic E-state index is -0.165. The van der Waals surface area contributed by atoms with Gasteiger partial charge in [0.15, 0.2) is 0 Å². The fraction of sp³-hybridized carbons (Fsp3) is 0.238. The van der Waals surface area contributed by atoms with E-state index in [0.717, 1.165) is 35.7 Å². The molecule has 0 atom stereocenters. The predicted octanol–water partition coefficient (Wildman–Crippen LogP) is 4.33. The van der Waals surface area contributed by atoms with Gasteiger partial charge in [-0.05, 0) is 54.1 Å². The summed E-state index contributed by atoms with van der Waals surface area (Å²) in [5.74, 6) is 0.977. The Morgan fingerprint density at radius 2 is 1.88 bits per heavy atom. The molecule has 1 aliphatic heterocycles. The van der Waals surface area contributed by atoms with Crippen LogP contribution in [0.15, 0.2) is 54.6 Å². The Balaban J connectivity index is 1.56. The van der Waals surface area contributed by atoms with Crippen molar-refractivity contribution in [3.63, 3.8) is 0 Å². The van der Waals surface area contributed by atoms with Crippen molar-refractivity contribution in [2.45, 2.75) is 18.6 Å². The molecular weight excluding hydrogens is 344 g/mol. The molecule has 5 heteroatoms. The molecule has 1 N–H and O–H groups in total. The van der Waals surface area contributed by atoms with Crippen LogP contribution in [0.5, 0.6) is 0 Å². The van der Waals surface area contributed by atoms with E-state index in [1.165, 1.54) is 11.6 Å². The molecule has 1 saturated heterocycles. The van der Waals surface area contributed by atoms with Crippen LogP contribution in [0, 0.1) is 0 Å². The number of nitrogens with zero attached hydrogens (tertiary/aromatic N) is 1. The SMILES string of the molecule is CSCc1ccc(NC(=O)/C=C/c2ccc(N3CCCC3=O)cc2)cc1. The molecule has 4 nitrogen and oxygen atoms in total. The van der Waals surface area contributed by atoms with E-state index in [4.69, 9.17) is 0 Å². The molecule has 0 spiro atoms. The second-order valence-corrected chi connectivity index (χ2v) is 7.06. The van der Waals surface area contributed by atoms with E-state index in [1.54, 1.807) is 22.7 Å². The minimum absolute atomic E-state index is 0.165. The van der Waals surface area contributed by atoms with Gasteiger partial charge in [0.25, 0.3) is 0 Å². The van der Waals surface area contributed by atoms with Gasteiger partial charge in [-0.2, -0.15) is 11.8 Å². The average molecular weight is 366 g/mol. The van der Waals surface area contributed by atoms with Crippen molar-refractivity contribution >= 4 is 41.0 Å². The molecule has 26 heavy (non-hydrogen) atoms. The largest absolute Gasteiger partial charge is 0.323 e. The lowest BCUT2D eigenvalue weighted by atomic mass is 10.2. The zero-order chi connectivity index (χ0) is 18.4. The molecule has 134 valence electrons. The molecule has 1 fully saturated rings. The lowest BCUT2D eigenvalue weighted by Gasteiger charge is -2.15. The van der Waals surface area contributed by atoms with Crippen molar-refractivity contribution in [2.75, 3.05) is 23.0 Å². The Kier molecular flexibility index (Phi) is 6.12. The zero-order valence-corrected chi connectivity index (χ0v) is 15.6. The topological polar surface area (TPSA) is 49.4 Å². The number of thioether (sulfide) groups is 1. The Hall–Kier alpha value is -2.53. The van der Waals surface area contributed by atoms with Crippen LogP contribution in [0.3, 0.4) is 0 Å². The maximum absolute atomic E-state index is 12.1. The van der Waals surface area contributed by atoms with Gasteiger partial charge in [0.2, 0.25) is 11.8 Å². The fourth-order valence-electron chi connectivity index (χ4n) is 2.89. The third-order valence-electron chi connectivity index (χ3n) is 4.24. The fourth-order valence-corrected chi connectivity index (χ4v) is 3.42. The number of nitrogens with one attached hydrogen (secondary N) is 1. The predicted molar refractivity (Wildman–Crippen MR) is 109 cm³/mol. The first kappa shape index (κ1) is 18.3. The third-order valence-corrected chi connectivity index (χ3v) is 4.86. The maximum Gasteiger partial charge on any atom is 0.248 e. The highest BCUT2D eigenvalue weighted by molar-refractivity contribution is 7.97. The van der Waals surface area contributed by atoms with Crippen LogP contribution in [0.4, 0.5) is 11.4 Å². The molecule has 0 aliphatic carbocycles. The number of carbonyl (C=O) groups excluding carboxylic acids is 2. The van der Waals surface area contributed by atoms with E-state index in [0.29, 0.717) is 6.42 Å². The van der Waals surface area contributed by atoms with E-state index in [2.05, 4.69) is 11.6 Å². The van der Waals surface area contributed by atoms with E-state index >= 15 is 0 Å². The van der Waals surface area contributed by atoms with E-state index in [-0.39, 0.29) is 11.8 Å². The van der Waals surface area contributed by atoms with Gasteiger partial charge in [0.05, 0.1) is 0 Å². The first-order chi connectivity index (χ1) is 12.7. The number of anilines is 2. The number of rotatable bonds is 6. The molecule has 3 rings (SSSR count). The second kappa shape index (κ2) is 8.72. The zero-order valence-electron chi connectivity index (χ0n) is 14.8. The summed E-state index contributed by atoms with van der Waals surface area (Å²) in [4.78, 5) is 25.6. The highest BCUT2D eigenvalue weighted by Crippen LogP contribution is 2.22. The van der Waals surface area contributed by atoms with E-state index in [1.807, 2.05) is 48.5 Å². The van der Waals surface area contributed by atoms with Gasteiger partial charge in [-0.3, -0.25) is 9.59 Å². The number of carbonyl (C=O) groups is 2. The lowest BCUT2D eigenvalue weighted by molar-refractivity contribution is -0.117. The quantitative estimate of drug-likeness (QED) is 0.774. The summed E-state index contributed by atoms with van der Waals surface area (Å²) < 4.78 is 0. The molecule has 0 unspecified atom stereocenters. The summed E-state index contributed by atoms with van der Waals surface area (Å²) in [6, 6.07) is 15.6. The van der Waals surface area contributed by atoms with Gasteiger partial charge in [-0.1, -0.05) is 24.3 Å². The van der Waals surface area contributed by atoms with E-state index < -0.39 is 0 Å². The molecule has 0 saturated carbocycles. The highest BCUT2D eigenvalue weighted by Gasteiger charge is 2.21. The highest BCUT2D eigenvalue weighted by atomic mass is 32.2. The van der Waals surface area contributed by atoms with Crippen molar-refractivity contribution in [3.8, 4) is 0 Å². The van der Waals surface area contributed by atoms with Crippen LogP contribution in [0.25, 0.3) is 6.08 Å². The van der Waals surface area contributed by atoms with Crippen molar-refractivity contribution in [1.29, 1.82) is 0 Å². The number of hydrogen-bond acceptors (Lipinski definition) is 3. The monoisotopic (exact) mass is 366 g/mol. The van der Waals surface area contributed by atoms with Gasteiger partial charge >= 0.3 is 0 Å². The summed E-state index contributed by atoms with van der Waals surface area (Å²) in [5.41, 5.74) is 3.86. The van der Waals surface area contributed by atoms with Crippen molar-refractivity contribution < 1.29 is 9.59 Å². The standard InChI is InChI=1S/C21H22N2O2S/c1-26-15-17-4-9-18(10-5-17)22-20(24)13-8-16-6-11-19(12-7-16)23-14-2-3-21(23)25/h4-13H,2-3,14-15H2,1H3,(H,22,24)/b13-8+. The summed E-state index contributed by atoms with van der Waals surface area (Å²) in [6.07, 6.45) is 6.90. The molecule has 0 bridgehead atoms. The van der Waals surface area contributed by atoms with Gasteiger partial charge in [-0.15, -0.1) is 0 Å². The van der Waals surface area contributed by atoms with Gasteiger partial charge in [0, 0.05) is 36.2 Å². The van der Waals surface area contributed by atoms with Crippen molar-refractivity contribution in [3.05, 3.63) is 65.7 Å². The summed E-state index contributed by atoms with van der Waals surface area (Å²) in [7, 11) is 0. The Morgan fingerprint density at radius 3 is 2.50 bits per heavy atom. The lowest BCUT2D eigenvalue weighted by Crippen LogP contribution is -2.23. The van der Waals surface area contributed by atoms with Crippen LogP contribution in [-0.2, 0) is 15.3 Å². The van der Waals surface area contributed by atoms with Gasteiger partial charge in [-0.25, -0.2) is 0 Å². The van der Waals surface area contributed by atoms with Crippen LogP contribution in [0.2, 0.25) is 0 Å². The molecule has 0 aromatic heterocycles. The minimum Gasteiger partial charge on any atom is -0.323 e. The molecule has 2 aromatic rings. The van der Waals surface area contributed by atoms with Gasteiger partial charge in [0.1, 0.15) is 0 Å². The molecule has 2 amide bonds. The van der Waals surface area contributed by atoms with Gasteiger partial charge < -0.3 is 10.2 Å². The average Bonchev–Trinajstić information content (AvgIpc) is 3.08. The summed E-state index contributed by atoms with van der Waals surface area (Å²) >= 11 is 1.77. The number of amides is 2. The van der Waals surface area contributed by atoms with Crippen molar-refractivity contribution in [1.82, 2.24) is 0 Å². The third kappa shape index (κ3) is 4.76. The van der Waals surface area contributed by atoms with Crippen LogP contribution < -0.4 is 10.2 Å². The molecule has 2 aromatic carbocycles. The first-order valence-electron chi connectivity index (χ1n) is 8.63. The maximum atomic E-state index is 12.1. The first-order valence-corrected chi connectivity index (χ1v) is 10.0. The van der Waals surface area contributed by atoms with Crippen molar-refractivity contribution in [2.24, 2.45) is 0 Å². The molecule has 1 aliphatic rings. The Labute approximate surface area is 158 Å². The van der Waals surface area contributed by atoms with E-state index in [9.17, 15) is 9.59 Å². The summed E-state index contributed by atoms with van der Waals surface area (Å²) in [5, 5.41) is 2.86. The van der Waals surface area contributed by atoms with Crippen LogP contribution in [-0.4, -0.2) is 24.6 Å². The molecule has 1 heterocycles. The smallest absolute Gasteiger partial charge is 0.248 e. The normalized spacial score (nSPS) is 14.2. The van der Waals surface area contributed by atoms with Crippen LogP contribution >= 0.6 is 11.8 Å². The Morgan fingerprint density at radius 1 is 1.15 bits per heavy atom. The second-order valence-electron chi connectivity index (χ2n) is 6.19. The Bertz CT molecular complexity index is 798. The summed E-state index contributed by atoms with van der Waals surface area (Å²) in [6.45, 7) is 0.784. The van der Waals surface area contributed by atoms with Crippen LogP contribution in [0.1, 0.15) is 24.0 Å². The molecule has 0 radical (unpaired) electrons.